The molecule has 0 fully saturated rings. The highest BCUT2D eigenvalue weighted by Crippen LogP contribution is 2.29. The number of aryl methyl sites for hydroxylation is 1. The normalized spacial score (nSPS) is 10.4. The highest BCUT2D eigenvalue weighted by atomic mass is 35.5. The number of thiazole rings is 1. The molecule has 0 aliphatic rings. The SMILES string of the molecule is Cc1nc(-c2ccc(Cl)cc2)sc1C(=O)OCC(=O)NC(=O)Cc1ccccc1. The van der Waals surface area contributed by atoms with E-state index >= 15 is 0 Å². The number of aromatic nitrogens is 1. The molecule has 0 aliphatic carbocycles. The predicted octanol–water partition coefficient (Wildman–Crippen LogP) is 3.81. The van der Waals surface area contributed by atoms with Crippen LogP contribution in [-0.4, -0.2) is 29.4 Å². The molecule has 8 heteroatoms. The van der Waals surface area contributed by atoms with Gasteiger partial charge in [-0.25, -0.2) is 9.78 Å². The van der Waals surface area contributed by atoms with Crippen LogP contribution in [0.3, 0.4) is 0 Å². The Balaban J connectivity index is 1.54. The van der Waals surface area contributed by atoms with E-state index in [1.54, 1.807) is 31.2 Å². The number of carbonyl (C=O) groups excluding carboxylic acids is 3. The van der Waals surface area contributed by atoms with Crippen LogP contribution < -0.4 is 5.32 Å². The minimum absolute atomic E-state index is 0.0684. The summed E-state index contributed by atoms with van der Waals surface area (Å²) >= 11 is 7.05. The standard InChI is InChI=1S/C21H17ClN2O4S/c1-13-19(29-20(23-13)15-7-9-16(22)10-8-15)21(27)28-12-18(26)24-17(25)11-14-5-3-2-4-6-14/h2-10H,11-12H2,1H3,(H,24,25,26). The van der Waals surface area contributed by atoms with Crippen molar-refractivity contribution in [3.8, 4) is 10.6 Å². The van der Waals surface area contributed by atoms with Gasteiger partial charge in [-0.3, -0.25) is 14.9 Å². The lowest BCUT2D eigenvalue weighted by Gasteiger charge is -2.05. The minimum atomic E-state index is -0.681. The van der Waals surface area contributed by atoms with Gasteiger partial charge in [0.05, 0.1) is 12.1 Å². The molecule has 0 radical (unpaired) electrons. The summed E-state index contributed by atoms with van der Waals surface area (Å²) in [6, 6.07) is 16.1. The van der Waals surface area contributed by atoms with Crippen molar-refractivity contribution in [3.63, 3.8) is 0 Å². The third-order valence-corrected chi connectivity index (χ3v) is 5.33. The molecule has 0 aliphatic heterocycles. The van der Waals surface area contributed by atoms with Gasteiger partial charge in [-0.05, 0) is 24.6 Å². The molecule has 0 unspecified atom stereocenters. The van der Waals surface area contributed by atoms with Crippen LogP contribution in [0.5, 0.6) is 0 Å². The maximum absolute atomic E-state index is 12.3. The van der Waals surface area contributed by atoms with Gasteiger partial charge in [-0.1, -0.05) is 54.1 Å². The fourth-order valence-corrected chi connectivity index (χ4v) is 3.61. The molecule has 148 valence electrons. The van der Waals surface area contributed by atoms with Crippen molar-refractivity contribution in [2.75, 3.05) is 6.61 Å². The van der Waals surface area contributed by atoms with E-state index in [4.69, 9.17) is 16.3 Å². The van der Waals surface area contributed by atoms with Crippen LogP contribution in [0, 0.1) is 6.92 Å². The molecule has 0 atom stereocenters. The van der Waals surface area contributed by atoms with E-state index in [0.717, 1.165) is 11.1 Å². The molecule has 0 saturated heterocycles. The molecular weight excluding hydrogens is 412 g/mol. The van der Waals surface area contributed by atoms with E-state index in [-0.39, 0.29) is 6.42 Å². The number of benzene rings is 2. The van der Waals surface area contributed by atoms with Crippen LogP contribution >= 0.6 is 22.9 Å². The van der Waals surface area contributed by atoms with E-state index in [1.165, 1.54) is 11.3 Å². The topological polar surface area (TPSA) is 85.4 Å². The summed E-state index contributed by atoms with van der Waals surface area (Å²) in [5.74, 6) is -1.80. The number of hydrogen-bond acceptors (Lipinski definition) is 6. The third-order valence-electron chi connectivity index (χ3n) is 3.89. The van der Waals surface area contributed by atoms with Crippen molar-refractivity contribution in [2.45, 2.75) is 13.3 Å². The van der Waals surface area contributed by atoms with Gasteiger partial charge in [0.2, 0.25) is 5.91 Å². The van der Waals surface area contributed by atoms with Crippen molar-refractivity contribution >= 4 is 40.7 Å². The summed E-state index contributed by atoms with van der Waals surface area (Å²) in [4.78, 5) is 40.8. The van der Waals surface area contributed by atoms with Crippen LogP contribution in [-0.2, 0) is 20.7 Å². The number of carbonyl (C=O) groups is 3. The zero-order chi connectivity index (χ0) is 20.8. The number of hydrogen-bond donors (Lipinski definition) is 1. The van der Waals surface area contributed by atoms with Crippen LogP contribution in [0.4, 0.5) is 0 Å². The lowest BCUT2D eigenvalue weighted by Crippen LogP contribution is -2.35. The number of imide groups is 1. The molecule has 0 saturated carbocycles. The Morgan fingerprint density at radius 1 is 1.03 bits per heavy atom. The highest BCUT2D eigenvalue weighted by Gasteiger charge is 2.19. The molecule has 2 aromatic carbocycles. The van der Waals surface area contributed by atoms with Crippen LogP contribution in [0.1, 0.15) is 20.9 Å². The number of nitrogens with zero attached hydrogens (tertiary/aromatic N) is 1. The van der Waals surface area contributed by atoms with Crippen molar-refractivity contribution in [1.82, 2.24) is 10.3 Å². The molecule has 1 N–H and O–H groups in total. The Bertz CT molecular complexity index is 1030. The van der Waals surface area contributed by atoms with Gasteiger partial charge in [-0.2, -0.15) is 0 Å². The Morgan fingerprint density at radius 3 is 2.41 bits per heavy atom. The second kappa shape index (κ2) is 9.45. The summed E-state index contributed by atoms with van der Waals surface area (Å²) in [6.07, 6.45) is 0.0684. The van der Waals surface area contributed by atoms with Gasteiger partial charge in [0.1, 0.15) is 9.88 Å². The van der Waals surface area contributed by atoms with E-state index in [0.29, 0.717) is 20.6 Å². The number of ether oxygens (including phenoxy) is 1. The number of rotatable bonds is 6. The maximum atomic E-state index is 12.3. The molecule has 3 aromatic rings. The quantitative estimate of drug-likeness (QED) is 0.603. The third kappa shape index (κ3) is 5.73. The van der Waals surface area contributed by atoms with Gasteiger partial charge < -0.3 is 4.74 Å². The van der Waals surface area contributed by atoms with Crippen molar-refractivity contribution in [1.29, 1.82) is 0 Å². The molecule has 29 heavy (non-hydrogen) atoms. The fraction of sp³-hybridized carbons (Fsp3) is 0.143. The van der Waals surface area contributed by atoms with Gasteiger partial charge in [0.15, 0.2) is 6.61 Å². The fourth-order valence-electron chi connectivity index (χ4n) is 2.52. The molecule has 0 spiro atoms. The second-order valence-corrected chi connectivity index (χ2v) is 7.59. The van der Waals surface area contributed by atoms with E-state index in [2.05, 4.69) is 10.3 Å². The smallest absolute Gasteiger partial charge is 0.350 e. The predicted molar refractivity (Wildman–Crippen MR) is 111 cm³/mol. The molecule has 2 amide bonds. The molecule has 1 aromatic heterocycles. The summed E-state index contributed by atoms with van der Waals surface area (Å²) in [5.41, 5.74) is 2.11. The van der Waals surface area contributed by atoms with Crippen LogP contribution in [0.2, 0.25) is 5.02 Å². The first kappa shape index (κ1) is 20.7. The molecular formula is C21H17ClN2O4S. The molecule has 3 rings (SSSR count). The van der Waals surface area contributed by atoms with Gasteiger partial charge in [0.25, 0.3) is 5.91 Å². The summed E-state index contributed by atoms with van der Waals surface area (Å²) in [7, 11) is 0. The molecule has 0 bridgehead atoms. The van der Waals surface area contributed by atoms with Crippen LogP contribution in [0.25, 0.3) is 10.6 Å². The average Bonchev–Trinajstić information content (AvgIpc) is 3.09. The minimum Gasteiger partial charge on any atom is -0.451 e. The molecule has 6 nitrogen and oxygen atoms in total. The average molecular weight is 429 g/mol. The van der Waals surface area contributed by atoms with Crippen molar-refractivity contribution < 1.29 is 19.1 Å². The van der Waals surface area contributed by atoms with Gasteiger partial charge in [0, 0.05) is 10.6 Å². The van der Waals surface area contributed by atoms with Crippen molar-refractivity contribution in [3.05, 3.63) is 75.8 Å². The number of esters is 1. The Hall–Kier alpha value is -3.03. The van der Waals surface area contributed by atoms with Gasteiger partial charge >= 0.3 is 5.97 Å². The molecule has 1 heterocycles. The first-order chi connectivity index (χ1) is 13.9. The van der Waals surface area contributed by atoms with E-state index in [9.17, 15) is 14.4 Å². The zero-order valence-electron chi connectivity index (χ0n) is 15.5. The number of amides is 2. The largest absolute Gasteiger partial charge is 0.451 e. The Morgan fingerprint density at radius 2 is 1.72 bits per heavy atom. The summed E-state index contributed by atoms with van der Waals surface area (Å²) < 4.78 is 5.04. The lowest BCUT2D eigenvalue weighted by atomic mass is 10.1. The monoisotopic (exact) mass is 428 g/mol. The highest BCUT2D eigenvalue weighted by molar-refractivity contribution is 7.17. The number of nitrogens with one attached hydrogen (secondary N) is 1. The summed E-state index contributed by atoms with van der Waals surface area (Å²) in [6.45, 7) is 1.14. The van der Waals surface area contributed by atoms with E-state index < -0.39 is 24.4 Å². The van der Waals surface area contributed by atoms with Gasteiger partial charge in [-0.15, -0.1) is 11.3 Å². The van der Waals surface area contributed by atoms with Crippen molar-refractivity contribution in [2.24, 2.45) is 0 Å². The first-order valence-corrected chi connectivity index (χ1v) is 9.89. The second-order valence-electron chi connectivity index (χ2n) is 6.15. The Labute approximate surface area is 176 Å². The zero-order valence-corrected chi connectivity index (χ0v) is 17.0. The first-order valence-electron chi connectivity index (χ1n) is 8.69. The lowest BCUT2D eigenvalue weighted by molar-refractivity contribution is -0.132. The van der Waals surface area contributed by atoms with Crippen LogP contribution in [0.15, 0.2) is 54.6 Å². The summed E-state index contributed by atoms with van der Waals surface area (Å²) in [5, 5.41) is 3.46. The Kier molecular flexibility index (Phi) is 6.74. The van der Waals surface area contributed by atoms with E-state index in [1.807, 2.05) is 30.3 Å². The number of halogens is 1. The maximum Gasteiger partial charge on any atom is 0.350 e.